The maximum Gasteiger partial charge on any atom is 0.306 e. The van der Waals surface area contributed by atoms with Crippen molar-refractivity contribution in [2.75, 3.05) is 13.1 Å². The molecule has 1 atom stereocenters. The minimum Gasteiger partial charge on any atom is -0.315 e. The molecule has 1 fully saturated rings. The van der Waals surface area contributed by atoms with E-state index >= 15 is 0 Å². The van der Waals surface area contributed by atoms with E-state index in [0.717, 1.165) is 13.0 Å². The molecular formula is C11H13F2N3O4S. The van der Waals surface area contributed by atoms with Crippen LogP contribution >= 0.6 is 0 Å². The number of sulfonamides is 1. The fourth-order valence-electron chi connectivity index (χ4n) is 2.10. The first kappa shape index (κ1) is 15.7. The molecule has 1 aromatic carbocycles. The average molecular weight is 321 g/mol. The summed E-state index contributed by atoms with van der Waals surface area (Å²) in [5.41, 5.74) is -1.08. The topological polar surface area (TPSA) is 101 Å². The SMILES string of the molecule is O=[N+]([O-])c1cc(S(=O)(=O)N[C@@H]2CCCNC2)c(F)cc1F. The second-order valence-corrected chi connectivity index (χ2v) is 6.34. The van der Waals surface area contributed by atoms with Crippen LogP contribution in [0.15, 0.2) is 17.0 Å². The monoisotopic (exact) mass is 321 g/mol. The van der Waals surface area contributed by atoms with Crippen LogP contribution in [0.1, 0.15) is 12.8 Å². The summed E-state index contributed by atoms with van der Waals surface area (Å²) >= 11 is 0. The number of nitro benzene ring substituents is 1. The maximum absolute atomic E-state index is 13.6. The van der Waals surface area contributed by atoms with Crippen LogP contribution in [0.3, 0.4) is 0 Å². The van der Waals surface area contributed by atoms with Crippen LogP contribution in [-0.4, -0.2) is 32.5 Å². The zero-order chi connectivity index (χ0) is 15.6. The Morgan fingerprint density at radius 3 is 2.62 bits per heavy atom. The van der Waals surface area contributed by atoms with E-state index in [1.165, 1.54) is 0 Å². The highest BCUT2D eigenvalue weighted by Gasteiger charge is 2.28. The van der Waals surface area contributed by atoms with Crippen molar-refractivity contribution in [2.24, 2.45) is 0 Å². The molecule has 1 heterocycles. The molecule has 0 saturated carbocycles. The Morgan fingerprint density at radius 2 is 2.05 bits per heavy atom. The van der Waals surface area contributed by atoms with Crippen molar-refractivity contribution in [3.05, 3.63) is 33.9 Å². The molecule has 0 radical (unpaired) electrons. The smallest absolute Gasteiger partial charge is 0.306 e. The Bertz CT molecular complexity index is 660. The van der Waals surface area contributed by atoms with Crippen molar-refractivity contribution in [1.29, 1.82) is 0 Å². The summed E-state index contributed by atoms with van der Waals surface area (Å²) < 4.78 is 53.3. The van der Waals surface area contributed by atoms with E-state index in [-0.39, 0.29) is 6.07 Å². The lowest BCUT2D eigenvalue weighted by atomic mass is 10.1. The predicted molar refractivity (Wildman–Crippen MR) is 69.2 cm³/mol. The molecule has 0 unspecified atom stereocenters. The van der Waals surface area contributed by atoms with Gasteiger partial charge in [0.25, 0.3) is 0 Å². The zero-order valence-corrected chi connectivity index (χ0v) is 11.6. The van der Waals surface area contributed by atoms with E-state index in [2.05, 4.69) is 10.0 Å². The summed E-state index contributed by atoms with van der Waals surface area (Å²) in [6, 6.07) is 0.155. The fraction of sp³-hybridized carbons (Fsp3) is 0.455. The van der Waals surface area contributed by atoms with Crippen molar-refractivity contribution in [3.63, 3.8) is 0 Å². The van der Waals surface area contributed by atoms with Gasteiger partial charge in [0.1, 0.15) is 10.7 Å². The summed E-state index contributed by atoms with van der Waals surface area (Å²) in [6.07, 6.45) is 1.32. The van der Waals surface area contributed by atoms with Gasteiger partial charge < -0.3 is 5.32 Å². The molecule has 0 bridgehead atoms. The van der Waals surface area contributed by atoms with Gasteiger partial charge in [-0.05, 0) is 19.4 Å². The zero-order valence-electron chi connectivity index (χ0n) is 10.8. The quantitative estimate of drug-likeness (QED) is 0.634. The second-order valence-electron chi connectivity index (χ2n) is 4.66. The van der Waals surface area contributed by atoms with Gasteiger partial charge in [-0.1, -0.05) is 0 Å². The summed E-state index contributed by atoms with van der Waals surface area (Å²) in [4.78, 5) is 8.59. The number of nitro groups is 1. The summed E-state index contributed by atoms with van der Waals surface area (Å²) in [5.74, 6) is -2.79. The van der Waals surface area contributed by atoms with Crippen LogP contribution < -0.4 is 10.0 Å². The molecular weight excluding hydrogens is 308 g/mol. The number of benzene rings is 1. The third-order valence-electron chi connectivity index (χ3n) is 3.11. The van der Waals surface area contributed by atoms with Crippen LogP contribution in [0, 0.1) is 21.7 Å². The first-order valence-corrected chi connectivity index (χ1v) is 7.66. The van der Waals surface area contributed by atoms with Crippen LogP contribution in [0.2, 0.25) is 0 Å². The van der Waals surface area contributed by atoms with Crippen molar-refractivity contribution in [3.8, 4) is 0 Å². The van der Waals surface area contributed by atoms with Crippen LogP contribution in [0.25, 0.3) is 0 Å². The minimum atomic E-state index is -4.30. The molecule has 0 amide bonds. The molecule has 2 N–H and O–H groups in total. The largest absolute Gasteiger partial charge is 0.315 e. The molecule has 1 saturated heterocycles. The highest BCUT2D eigenvalue weighted by molar-refractivity contribution is 7.89. The van der Waals surface area contributed by atoms with Gasteiger partial charge in [-0.15, -0.1) is 0 Å². The molecule has 7 nitrogen and oxygen atoms in total. The molecule has 1 aliphatic heterocycles. The van der Waals surface area contributed by atoms with E-state index in [9.17, 15) is 27.3 Å². The van der Waals surface area contributed by atoms with Crippen molar-refractivity contribution >= 4 is 15.7 Å². The summed E-state index contributed by atoms with van der Waals surface area (Å²) in [7, 11) is -4.30. The number of hydrogen-bond donors (Lipinski definition) is 2. The maximum atomic E-state index is 13.6. The van der Waals surface area contributed by atoms with Crippen LogP contribution in [-0.2, 0) is 10.0 Å². The van der Waals surface area contributed by atoms with Crippen molar-refractivity contribution in [1.82, 2.24) is 10.0 Å². The number of halogens is 2. The van der Waals surface area contributed by atoms with Gasteiger partial charge in [-0.25, -0.2) is 17.5 Å². The van der Waals surface area contributed by atoms with E-state index in [1.54, 1.807) is 0 Å². The van der Waals surface area contributed by atoms with Gasteiger partial charge in [0, 0.05) is 24.7 Å². The van der Waals surface area contributed by atoms with Crippen LogP contribution in [0.5, 0.6) is 0 Å². The molecule has 116 valence electrons. The van der Waals surface area contributed by atoms with Gasteiger partial charge in [0.15, 0.2) is 0 Å². The fourth-order valence-corrected chi connectivity index (χ4v) is 3.45. The Labute approximate surface area is 119 Å². The van der Waals surface area contributed by atoms with E-state index in [1.807, 2.05) is 0 Å². The molecule has 0 aliphatic carbocycles. The Hall–Kier alpha value is -1.65. The Balaban J connectivity index is 2.34. The number of nitrogens with zero attached hydrogens (tertiary/aromatic N) is 1. The van der Waals surface area contributed by atoms with Gasteiger partial charge in [0.2, 0.25) is 15.8 Å². The number of hydrogen-bond acceptors (Lipinski definition) is 5. The van der Waals surface area contributed by atoms with E-state index < -0.39 is 43.2 Å². The molecule has 1 aromatic rings. The lowest BCUT2D eigenvalue weighted by Crippen LogP contribution is -2.45. The first-order valence-electron chi connectivity index (χ1n) is 6.18. The lowest BCUT2D eigenvalue weighted by molar-refractivity contribution is -0.387. The highest BCUT2D eigenvalue weighted by Crippen LogP contribution is 2.25. The molecule has 0 spiro atoms. The average Bonchev–Trinajstić information content (AvgIpc) is 2.38. The van der Waals surface area contributed by atoms with Gasteiger partial charge in [0.05, 0.1) is 4.92 Å². The lowest BCUT2D eigenvalue weighted by Gasteiger charge is -2.23. The minimum absolute atomic E-state index is 0.200. The molecule has 0 aromatic heterocycles. The van der Waals surface area contributed by atoms with Gasteiger partial charge in [-0.3, -0.25) is 10.1 Å². The van der Waals surface area contributed by atoms with E-state index in [4.69, 9.17) is 0 Å². The third kappa shape index (κ3) is 3.52. The Morgan fingerprint density at radius 1 is 1.33 bits per heavy atom. The molecule has 10 heteroatoms. The van der Waals surface area contributed by atoms with Gasteiger partial charge >= 0.3 is 5.69 Å². The normalized spacial score (nSPS) is 19.4. The predicted octanol–water partition coefficient (Wildman–Crippen LogP) is 0.903. The van der Waals surface area contributed by atoms with Gasteiger partial charge in [-0.2, -0.15) is 4.39 Å². The molecule has 2 rings (SSSR count). The molecule has 1 aliphatic rings. The number of rotatable bonds is 4. The number of nitrogens with one attached hydrogen (secondary N) is 2. The third-order valence-corrected chi connectivity index (χ3v) is 4.64. The Kier molecular flexibility index (Phi) is 4.49. The summed E-state index contributed by atoms with van der Waals surface area (Å²) in [6.45, 7) is 1.14. The second kappa shape index (κ2) is 6.00. The van der Waals surface area contributed by atoms with E-state index in [0.29, 0.717) is 19.0 Å². The van der Waals surface area contributed by atoms with Crippen molar-refractivity contribution in [2.45, 2.75) is 23.8 Å². The molecule has 21 heavy (non-hydrogen) atoms. The van der Waals surface area contributed by atoms with Crippen LogP contribution in [0.4, 0.5) is 14.5 Å². The summed E-state index contributed by atoms with van der Waals surface area (Å²) in [5, 5.41) is 13.6. The first-order chi connectivity index (χ1) is 9.81. The van der Waals surface area contributed by atoms with Crippen molar-refractivity contribution < 1.29 is 22.1 Å². The number of piperidine rings is 1. The highest BCUT2D eigenvalue weighted by atomic mass is 32.2. The standard InChI is InChI=1S/C11H13F2N3O4S/c12-8-4-9(13)11(5-10(8)16(17)18)21(19,20)15-7-2-1-3-14-6-7/h4-5,7,14-15H,1-3,6H2/t7-/m1/s1.